The molecule has 2 heterocycles. The second kappa shape index (κ2) is 6.81. The highest BCUT2D eigenvalue weighted by Gasteiger charge is 2.27. The number of nitrogens with two attached hydrogens (primary N) is 1. The molecule has 24 heavy (non-hydrogen) atoms. The molecule has 3 rings (SSSR count). The first-order chi connectivity index (χ1) is 11.4. The zero-order valence-corrected chi connectivity index (χ0v) is 14.7. The predicted molar refractivity (Wildman–Crippen MR) is 95.0 cm³/mol. The Morgan fingerprint density at radius 2 is 2.00 bits per heavy atom. The van der Waals surface area contributed by atoms with Gasteiger partial charge in [0.25, 0.3) is 6.01 Å². The SMILES string of the molecule is Cc1ccc2oc(N3CCN(C(=O)[C@@H](N)CC(C)C)CC3)nc2c1. The highest BCUT2D eigenvalue weighted by Crippen LogP contribution is 2.23. The number of fused-ring (bicyclic) bond motifs is 1. The van der Waals surface area contributed by atoms with Gasteiger partial charge in [0.2, 0.25) is 5.91 Å². The van der Waals surface area contributed by atoms with Crippen LogP contribution >= 0.6 is 0 Å². The van der Waals surface area contributed by atoms with Crippen molar-refractivity contribution in [3.8, 4) is 0 Å². The van der Waals surface area contributed by atoms with E-state index in [1.807, 2.05) is 30.0 Å². The Kier molecular flexibility index (Phi) is 4.76. The van der Waals surface area contributed by atoms with Gasteiger partial charge in [-0.2, -0.15) is 4.98 Å². The van der Waals surface area contributed by atoms with Crippen molar-refractivity contribution >= 4 is 23.0 Å². The maximum absolute atomic E-state index is 12.4. The summed E-state index contributed by atoms with van der Waals surface area (Å²) in [5.41, 5.74) is 8.86. The van der Waals surface area contributed by atoms with E-state index in [9.17, 15) is 4.79 Å². The largest absolute Gasteiger partial charge is 0.423 e. The molecular weight excluding hydrogens is 304 g/mol. The van der Waals surface area contributed by atoms with Gasteiger partial charge in [0.1, 0.15) is 5.52 Å². The smallest absolute Gasteiger partial charge is 0.298 e. The molecule has 2 N–H and O–H groups in total. The average Bonchev–Trinajstić information content (AvgIpc) is 2.96. The van der Waals surface area contributed by atoms with Gasteiger partial charge in [-0.3, -0.25) is 4.79 Å². The van der Waals surface area contributed by atoms with E-state index in [4.69, 9.17) is 10.2 Å². The van der Waals surface area contributed by atoms with Crippen LogP contribution in [0.2, 0.25) is 0 Å². The van der Waals surface area contributed by atoms with Crippen molar-refractivity contribution in [1.82, 2.24) is 9.88 Å². The molecule has 1 aromatic heterocycles. The Bertz CT molecular complexity index is 717. The number of carbonyl (C=O) groups is 1. The number of hydrogen-bond acceptors (Lipinski definition) is 5. The minimum absolute atomic E-state index is 0.0524. The molecule has 0 spiro atoms. The summed E-state index contributed by atoms with van der Waals surface area (Å²) in [6, 6.07) is 6.22. The van der Waals surface area contributed by atoms with E-state index >= 15 is 0 Å². The first-order valence-electron chi connectivity index (χ1n) is 8.60. The molecule has 1 aliphatic rings. The van der Waals surface area contributed by atoms with E-state index in [1.165, 1.54) is 0 Å². The Balaban J connectivity index is 1.62. The Hall–Kier alpha value is -2.08. The monoisotopic (exact) mass is 330 g/mol. The molecule has 0 radical (unpaired) electrons. The highest BCUT2D eigenvalue weighted by molar-refractivity contribution is 5.82. The van der Waals surface area contributed by atoms with E-state index < -0.39 is 6.04 Å². The summed E-state index contributed by atoms with van der Waals surface area (Å²) >= 11 is 0. The molecule has 1 fully saturated rings. The topological polar surface area (TPSA) is 75.6 Å². The number of rotatable bonds is 4. The highest BCUT2D eigenvalue weighted by atomic mass is 16.4. The first-order valence-corrected chi connectivity index (χ1v) is 8.60. The summed E-state index contributed by atoms with van der Waals surface area (Å²) in [6.07, 6.45) is 0.726. The molecule has 1 aromatic carbocycles. The Morgan fingerprint density at radius 1 is 1.29 bits per heavy atom. The van der Waals surface area contributed by atoms with Crippen LogP contribution in [0.25, 0.3) is 11.1 Å². The number of aromatic nitrogens is 1. The zero-order chi connectivity index (χ0) is 17.3. The number of piperazine rings is 1. The molecule has 0 aliphatic carbocycles. The number of oxazole rings is 1. The molecular formula is C18H26N4O2. The number of carbonyl (C=O) groups excluding carboxylic acids is 1. The van der Waals surface area contributed by atoms with Gasteiger partial charge >= 0.3 is 0 Å². The maximum Gasteiger partial charge on any atom is 0.298 e. The van der Waals surface area contributed by atoms with Crippen LogP contribution in [-0.2, 0) is 4.79 Å². The third kappa shape index (κ3) is 3.53. The van der Waals surface area contributed by atoms with E-state index in [2.05, 4.69) is 23.7 Å². The van der Waals surface area contributed by atoms with Crippen molar-refractivity contribution in [2.45, 2.75) is 33.2 Å². The number of anilines is 1. The molecule has 2 aromatic rings. The number of amides is 1. The summed E-state index contributed by atoms with van der Waals surface area (Å²) in [5.74, 6) is 0.477. The average molecular weight is 330 g/mol. The summed E-state index contributed by atoms with van der Waals surface area (Å²) in [4.78, 5) is 20.9. The van der Waals surface area contributed by atoms with Crippen LogP contribution in [-0.4, -0.2) is 48.0 Å². The van der Waals surface area contributed by atoms with Crippen LogP contribution in [0.3, 0.4) is 0 Å². The van der Waals surface area contributed by atoms with Crippen LogP contribution in [0, 0.1) is 12.8 Å². The van der Waals surface area contributed by atoms with Crippen molar-refractivity contribution in [2.24, 2.45) is 11.7 Å². The molecule has 6 nitrogen and oxygen atoms in total. The van der Waals surface area contributed by atoms with Crippen molar-refractivity contribution in [3.05, 3.63) is 23.8 Å². The number of hydrogen-bond donors (Lipinski definition) is 1. The quantitative estimate of drug-likeness (QED) is 0.930. The molecule has 0 bridgehead atoms. The minimum Gasteiger partial charge on any atom is -0.423 e. The molecule has 1 saturated heterocycles. The lowest BCUT2D eigenvalue weighted by atomic mass is 10.0. The van der Waals surface area contributed by atoms with Gasteiger partial charge in [-0.15, -0.1) is 0 Å². The van der Waals surface area contributed by atoms with E-state index in [1.54, 1.807) is 0 Å². The first kappa shape index (κ1) is 16.8. The lowest BCUT2D eigenvalue weighted by molar-refractivity contribution is -0.133. The standard InChI is InChI=1S/C18H26N4O2/c1-12(2)10-14(19)17(23)21-6-8-22(9-7-21)18-20-15-11-13(3)4-5-16(15)24-18/h4-5,11-12,14H,6-10,19H2,1-3H3/t14-/m0/s1. The number of aryl methyl sites for hydroxylation is 1. The summed E-state index contributed by atoms with van der Waals surface area (Å²) < 4.78 is 5.84. The third-order valence-corrected chi connectivity index (χ3v) is 4.44. The van der Waals surface area contributed by atoms with Gasteiger partial charge in [0.15, 0.2) is 5.58 Å². The fraction of sp³-hybridized carbons (Fsp3) is 0.556. The maximum atomic E-state index is 12.4. The van der Waals surface area contributed by atoms with Crippen LogP contribution in [0.4, 0.5) is 6.01 Å². The summed E-state index contributed by atoms with van der Waals surface area (Å²) in [6.45, 7) is 8.95. The number of nitrogens with zero attached hydrogens (tertiary/aromatic N) is 3. The number of benzene rings is 1. The van der Waals surface area contributed by atoms with Crippen LogP contribution in [0.1, 0.15) is 25.8 Å². The van der Waals surface area contributed by atoms with Gasteiger partial charge < -0.3 is 20.0 Å². The minimum atomic E-state index is -0.399. The second-order valence-corrected chi connectivity index (χ2v) is 7.02. The van der Waals surface area contributed by atoms with Gasteiger partial charge in [0, 0.05) is 26.2 Å². The molecule has 6 heteroatoms. The molecule has 0 saturated carbocycles. The molecule has 1 atom stereocenters. The lowest BCUT2D eigenvalue weighted by Crippen LogP contribution is -2.53. The van der Waals surface area contributed by atoms with E-state index in [0.29, 0.717) is 38.1 Å². The Morgan fingerprint density at radius 3 is 2.67 bits per heavy atom. The molecule has 0 unspecified atom stereocenters. The molecule has 1 aliphatic heterocycles. The van der Waals surface area contributed by atoms with Crippen LogP contribution < -0.4 is 10.6 Å². The summed E-state index contributed by atoms with van der Waals surface area (Å²) in [7, 11) is 0. The third-order valence-electron chi connectivity index (χ3n) is 4.44. The van der Waals surface area contributed by atoms with Gasteiger partial charge in [-0.1, -0.05) is 19.9 Å². The van der Waals surface area contributed by atoms with Gasteiger partial charge in [-0.05, 0) is 37.0 Å². The summed E-state index contributed by atoms with van der Waals surface area (Å²) in [5, 5.41) is 0. The molecule has 130 valence electrons. The van der Waals surface area contributed by atoms with Crippen molar-refractivity contribution in [1.29, 1.82) is 0 Å². The van der Waals surface area contributed by atoms with Crippen molar-refractivity contribution in [2.75, 3.05) is 31.1 Å². The second-order valence-electron chi connectivity index (χ2n) is 7.02. The fourth-order valence-corrected chi connectivity index (χ4v) is 3.12. The lowest BCUT2D eigenvalue weighted by Gasteiger charge is -2.35. The Labute approximate surface area is 142 Å². The fourth-order valence-electron chi connectivity index (χ4n) is 3.12. The van der Waals surface area contributed by atoms with Gasteiger partial charge in [0.05, 0.1) is 6.04 Å². The van der Waals surface area contributed by atoms with Gasteiger partial charge in [-0.25, -0.2) is 0 Å². The predicted octanol–water partition coefficient (Wildman–Crippen LogP) is 2.16. The van der Waals surface area contributed by atoms with Crippen molar-refractivity contribution < 1.29 is 9.21 Å². The van der Waals surface area contributed by atoms with Crippen molar-refractivity contribution in [3.63, 3.8) is 0 Å². The molecule has 1 amide bonds. The zero-order valence-electron chi connectivity index (χ0n) is 14.7. The van der Waals surface area contributed by atoms with Crippen LogP contribution in [0.15, 0.2) is 22.6 Å². The van der Waals surface area contributed by atoms with E-state index in [0.717, 1.165) is 23.1 Å². The normalized spacial score (nSPS) is 16.9. The van der Waals surface area contributed by atoms with E-state index in [-0.39, 0.29) is 5.91 Å². The van der Waals surface area contributed by atoms with Crippen LogP contribution in [0.5, 0.6) is 0 Å².